The third-order valence-corrected chi connectivity index (χ3v) is 3.77. The van der Waals surface area contributed by atoms with Gasteiger partial charge < -0.3 is 0 Å². The fourth-order valence-electron chi connectivity index (χ4n) is 1.57. The second-order valence-corrected chi connectivity index (χ2v) is 6.98. The Labute approximate surface area is 102 Å². The molecular formula is C12H16N2O2S. The van der Waals surface area contributed by atoms with E-state index >= 15 is 0 Å². The van der Waals surface area contributed by atoms with Crippen molar-refractivity contribution in [2.24, 2.45) is 10.4 Å². The number of hydrogen-bond donors (Lipinski definition) is 1. The number of aliphatic imine (C=N–C) groups is 1. The van der Waals surface area contributed by atoms with Gasteiger partial charge in [0.2, 0.25) is 0 Å². The highest BCUT2D eigenvalue weighted by Gasteiger charge is 2.30. The molecule has 0 radical (unpaired) electrons. The lowest BCUT2D eigenvalue weighted by Gasteiger charge is -2.14. The molecule has 92 valence electrons. The van der Waals surface area contributed by atoms with Crippen LogP contribution in [0.4, 0.5) is 0 Å². The van der Waals surface area contributed by atoms with Crippen molar-refractivity contribution in [2.45, 2.75) is 25.7 Å². The number of nitrogens with one attached hydrogen (secondary N) is 1. The average Bonchev–Trinajstić information content (AvgIpc) is 2.48. The monoisotopic (exact) mass is 252 g/mol. The Morgan fingerprint density at radius 3 is 2.53 bits per heavy atom. The summed E-state index contributed by atoms with van der Waals surface area (Å²) in [6, 6.07) is 6.89. The molecule has 0 aromatic heterocycles. The Kier molecular flexibility index (Phi) is 2.73. The van der Waals surface area contributed by atoms with Crippen LogP contribution in [0.15, 0.2) is 34.2 Å². The van der Waals surface area contributed by atoms with Crippen molar-refractivity contribution in [3.8, 4) is 0 Å². The summed E-state index contributed by atoms with van der Waals surface area (Å²) in [5.41, 5.74) is 0.701. The van der Waals surface area contributed by atoms with Crippen molar-refractivity contribution in [3.63, 3.8) is 0 Å². The highest BCUT2D eigenvalue weighted by atomic mass is 32.2. The predicted molar refractivity (Wildman–Crippen MR) is 67.6 cm³/mol. The van der Waals surface area contributed by atoms with Gasteiger partial charge >= 0.3 is 0 Å². The number of rotatable bonds is 1. The summed E-state index contributed by atoms with van der Waals surface area (Å²) in [5, 5.41) is 0. The van der Waals surface area contributed by atoms with Gasteiger partial charge in [0.05, 0.1) is 4.90 Å². The molecule has 0 unspecified atom stereocenters. The summed E-state index contributed by atoms with van der Waals surface area (Å²) in [4.78, 5) is 4.67. The van der Waals surface area contributed by atoms with Crippen molar-refractivity contribution in [1.29, 1.82) is 0 Å². The Bertz CT molecular complexity index is 568. The molecule has 0 fully saturated rings. The molecule has 0 amide bonds. The SMILES string of the molecule is CC(C)(C)CN=C1NS(=O)(=O)c2ccccc21. The Morgan fingerprint density at radius 2 is 1.88 bits per heavy atom. The zero-order valence-corrected chi connectivity index (χ0v) is 11.0. The van der Waals surface area contributed by atoms with Gasteiger partial charge in [-0.1, -0.05) is 32.9 Å². The minimum Gasteiger partial charge on any atom is -0.267 e. The zero-order valence-electron chi connectivity index (χ0n) is 10.2. The summed E-state index contributed by atoms with van der Waals surface area (Å²) in [6.45, 7) is 6.77. The van der Waals surface area contributed by atoms with E-state index in [0.29, 0.717) is 22.8 Å². The fraction of sp³-hybridized carbons (Fsp3) is 0.417. The Morgan fingerprint density at radius 1 is 1.24 bits per heavy atom. The van der Waals surface area contributed by atoms with Crippen molar-refractivity contribution in [2.75, 3.05) is 6.54 Å². The van der Waals surface area contributed by atoms with Gasteiger partial charge in [0.1, 0.15) is 5.84 Å². The lowest BCUT2D eigenvalue weighted by atomic mass is 9.97. The zero-order chi connectivity index (χ0) is 12.7. The van der Waals surface area contributed by atoms with E-state index in [1.807, 2.05) is 6.07 Å². The maximum Gasteiger partial charge on any atom is 0.263 e. The first-order chi connectivity index (χ1) is 7.80. The maximum absolute atomic E-state index is 11.8. The van der Waals surface area contributed by atoms with Gasteiger partial charge in [0.25, 0.3) is 10.0 Å². The predicted octanol–water partition coefficient (Wildman–Crippen LogP) is 1.77. The normalized spacial score (nSPS) is 20.1. The number of nitrogens with zero attached hydrogens (tertiary/aromatic N) is 1. The van der Waals surface area contributed by atoms with E-state index in [1.54, 1.807) is 18.2 Å². The number of fused-ring (bicyclic) bond motifs is 1. The molecule has 4 nitrogen and oxygen atoms in total. The van der Waals surface area contributed by atoms with Crippen LogP contribution in [0, 0.1) is 5.41 Å². The van der Waals surface area contributed by atoms with Crippen molar-refractivity contribution < 1.29 is 8.42 Å². The van der Waals surface area contributed by atoms with Gasteiger partial charge in [-0.15, -0.1) is 0 Å². The van der Waals surface area contributed by atoms with Crippen LogP contribution in [0.3, 0.4) is 0 Å². The van der Waals surface area contributed by atoms with E-state index in [1.165, 1.54) is 0 Å². The second-order valence-electron chi connectivity index (χ2n) is 5.33. The Hall–Kier alpha value is -1.36. The standard InChI is InChI=1S/C12H16N2O2S/c1-12(2,3)8-13-11-9-6-4-5-7-10(9)17(15,16)14-11/h4-7H,8H2,1-3H3,(H,13,14). The first kappa shape index (κ1) is 12.1. The summed E-state index contributed by atoms with van der Waals surface area (Å²) in [5.74, 6) is 0.454. The quantitative estimate of drug-likeness (QED) is 0.828. The molecule has 0 aliphatic carbocycles. The number of sulfonamides is 1. The maximum atomic E-state index is 11.8. The summed E-state index contributed by atoms with van der Waals surface area (Å²) in [6.07, 6.45) is 0. The molecule has 1 aromatic rings. The van der Waals surface area contributed by atoms with Crippen LogP contribution < -0.4 is 4.72 Å². The molecule has 0 bridgehead atoms. The minimum atomic E-state index is -3.40. The van der Waals surface area contributed by atoms with Crippen LogP contribution >= 0.6 is 0 Å². The van der Waals surface area contributed by atoms with Crippen LogP contribution in [-0.4, -0.2) is 20.8 Å². The van der Waals surface area contributed by atoms with Gasteiger partial charge in [-0.3, -0.25) is 9.71 Å². The number of amidine groups is 1. The highest BCUT2D eigenvalue weighted by Crippen LogP contribution is 2.23. The lowest BCUT2D eigenvalue weighted by molar-refractivity contribution is 0.429. The molecule has 1 N–H and O–H groups in total. The Balaban J connectivity index is 2.42. The molecular weight excluding hydrogens is 236 g/mol. The molecule has 5 heteroatoms. The molecule has 17 heavy (non-hydrogen) atoms. The van der Waals surface area contributed by atoms with Crippen LogP contribution in [-0.2, 0) is 10.0 Å². The molecule has 1 aliphatic heterocycles. The molecule has 2 rings (SSSR count). The largest absolute Gasteiger partial charge is 0.267 e. The van der Waals surface area contributed by atoms with Gasteiger partial charge in [0.15, 0.2) is 0 Å². The molecule has 0 saturated heterocycles. The molecule has 1 aromatic carbocycles. The first-order valence-corrected chi connectivity index (χ1v) is 6.95. The van der Waals surface area contributed by atoms with Crippen molar-refractivity contribution in [3.05, 3.63) is 29.8 Å². The lowest BCUT2D eigenvalue weighted by Crippen LogP contribution is -2.24. The van der Waals surface area contributed by atoms with E-state index in [0.717, 1.165) is 0 Å². The third kappa shape index (κ3) is 2.49. The van der Waals surface area contributed by atoms with Gasteiger partial charge in [-0.2, -0.15) is 0 Å². The highest BCUT2D eigenvalue weighted by molar-refractivity contribution is 7.90. The van der Waals surface area contributed by atoms with E-state index < -0.39 is 10.0 Å². The average molecular weight is 252 g/mol. The van der Waals surface area contributed by atoms with Crippen LogP contribution in [0.2, 0.25) is 0 Å². The van der Waals surface area contributed by atoms with Crippen LogP contribution in [0.1, 0.15) is 26.3 Å². The van der Waals surface area contributed by atoms with E-state index in [9.17, 15) is 8.42 Å². The molecule has 1 aliphatic rings. The topological polar surface area (TPSA) is 58.5 Å². The summed E-state index contributed by atoms with van der Waals surface area (Å²) >= 11 is 0. The fourth-order valence-corrected chi connectivity index (χ4v) is 2.82. The smallest absolute Gasteiger partial charge is 0.263 e. The number of hydrogen-bond acceptors (Lipinski definition) is 3. The van der Waals surface area contributed by atoms with Gasteiger partial charge in [-0.05, 0) is 17.5 Å². The van der Waals surface area contributed by atoms with Crippen LogP contribution in [0.25, 0.3) is 0 Å². The summed E-state index contributed by atoms with van der Waals surface area (Å²) < 4.78 is 26.1. The summed E-state index contributed by atoms with van der Waals surface area (Å²) in [7, 11) is -3.40. The molecule has 0 saturated carbocycles. The molecule has 0 atom stereocenters. The van der Waals surface area contributed by atoms with Gasteiger partial charge in [0, 0.05) is 12.1 Å². The van der Waals surface area contributed by atoms with E-state index in [4.69, 9.17) is 0 Å². The number of benzene rings is 1. The first-order valence-electron chi connectivity index (χ1n) is 5.46. The van der Waals surface area contributed by atoms with Crippen molar-refractivity contribution >= 4 is 15.9 Å². The van der Waals surface area contributed by atoms with Crippen molar-refractivity contribution in [1.82, 2.24) is 4.72 Å². The van der Waals surface area contributed by atoms with E-state index in [2.05, 4.69) is 30.5 Å². The van der Waals surface area contributed by atoms with E-state index in [-0.39, 0.29) is 5.41 Å². The van der Waals surface area contributed by atoms with Gasteiger partial charge in [-0.25, -0.2) is 8.42 Å². The third-order valence-electron chi connectivity index (χ3n) is 2.37. The second kappa shape index (κ2) is 3.84. The molecule has 0 spiro atoms. The van der Waals surface area contributed by atoms with Crippen LogP contribution in [0.5, 0.6) is 0 Å². The molecule has 1 heterocycles. The minimum absolute atomic E-state index is 0.0377.